The molecule has 0 bridgehead atoms. The van der Waals surface area contributed by atoms with Gasteiger partial charge >= 0.3 is 5.97 Å². The normalized spacial score (nSPS) is 11.8. The summed E-state index contributed by atoms with van der Waals surface area (Å²) in [6.07, 6.45) is 0. The Hall–Kier alpha value is -3.38. The van der Waals surface area contributed by atoms with E-state index in [0.717, 1.165) is 28.7 Å². The minimum absolute atomic E-state index is 0.0112. The number of imidazole rings is 1. The molecule has 0 unspecified atom stereocenters. The summed E-state index contributed by atoms with van der Waals surface area (Å²) in [7, 11) is 0. The number of aromatic nitrogens is 4. The zero-order valence-electron chi connectivity index (χ0n) is 15.3. The van der Waals surface area contributed by atoms with Crippen molar-refractivity contribution in [2.45, 2.75) is 19.0 Å². The van der Waals surface area contributed by atoms with Gasteiger partial charge in [-0.3, -0.25) is 4.79 Å². The highest BCUT2D eigenvalue weighted by molar-refractivity contribution is 7.99. The van der Waals surface area contributed by atoms with Crippen molar-refractivity contribution in [1.29, 1.82) is 5.26 Å². The van der Waals surface area contributed by atoms with Crippen LogP contribution >= 0.6 is 11.8 Å². The zero-order chi connectivity index (χ0) is 20.1. The van der Waals surface area contributed by atoms with Crippen molar-refractivity contribution in [2.75, 3.05) is 12.4 Å². The Bertz CT molecular complexity index is 1050. The van der Waals surface area contributed by atoms with Crippen molar-refractivity contribution in [3.8, 4) is 6.07 Å². The molecule has 0 fully saturated rings. The van der Waals surface area contributed by atoms with Crippen LogP contribution in [0.25, 0.3) is 16.6 Å². The van der Waals surface area contributed by atoms with Crippen LogP contribution in [-0.2, 0) is 9.53 Å². The molecule has 9 heteroatoms. The monoisotopic (exact) mass is 395 g/mol. The van der Waals surface area contributed by atoms with E-state index in [1.54, 1.807) is 6.07 Å². The number of hydrogen-bond donors (Lipinski definition) is 2. The summed E-state index contributed by atoms with van der Waals surface area (Å²) >= 11 is 1.14. The Morgan fingerprint density at radius 2 is 1.96 bits per heavy atom. The van der Waals surface area contributed by atoms with Gasteiger partial charge in [0.05, 0.1) is 16.8 Å². The number of aromatic amines is 1. The SMILES string of the molecule is Cc1cc(C)nc(SCC(=O)OC/C(O)=C(\C#N)c2nc3ccccc3[nH]2)n1. The number of para-hydroxylation sites is 2. The maximum Gasteiger partial charge on any atom is 0.316 e. The lowest BCUT2D eigenvalue weighted by Gasteiger charge is -2.06. The fourth-order valence-corrected chi connectivity index (χ4v) is 3.22. The van der Waals surface area contributed by atoms with E-state index in [1.165, 1.54) is 0 Å². The zero-order valence-corrected chi connectivity index (χ0v) is 16.1. The van der Waals surface area contributed by atoms with Crippen LogP contribution in [0.15, 0.2) is 41.2 Å². The highest BCUT2D eigenvalue weighted by Crippen LogP contribution is 2.19. The molecule has 0 amide bonds. The molecule has 0 spiro atoms. The van der Waals surface area contributed by atoms with Gasteiger partial charge in [0, 0.05) is 11.4 Å². The summed E-state index contributed by atoms with van der Waals surface area (Å²) in [6, 6.07) is 11.0. The Morgan fingerprint density at radius 1 is 1.25 bits per heavy atom. The van der Waals surface area contributed by atoms with Crippen molar-refractivity contribution in [2.24, 2.45) is 0 Å². The highest BCUT2D eigenvalue weighted by atomic mass is 32.2. The maximum absolute atomic E-state index is 11.9. The Labute approximate surface area is 165 Å². The smallest absolute Gasteiger partial charge is 0.316 e. The molecule has 2 N–H and O–H groups in total. The van der Waals surface area contributed by atoms with E-state index in [9.17, 15) is 15.2 Å². The number of thioether (sulfide) groups is 1. The van der Waals surface area contributed by atoms with Gasteiger partial charge in [-0.2, -0.15) is 5.26 Å². The number of aliphatic hydroxyl groups excluding tert-OH is 1. The summed E-state index contributed by atoms with van der Waals surface area (Å²) in [5, 5.41) is 20.0. The third-order valence-electron chi connectivity index (χ3n) is 3.68. The molecule has 0 aliphatic heterocycles. The fourth-order valence-electron chi connectivity index (χ4n) is 2.47. The number of aliphatic hydroxyl groups is 1. The quantitative estimate of drug-likeness (QED) is 0.214. The van der Waals surface area contributed by atoms with Crippen LogP contribution in [0, 0.1) is 25.2 Å². The molecule has 8 nitrogen and oxygen atoms in total. The molecular weight excluding hydrogens is 378 g/mol. The number of allylic oxidation sites excluding steroid dienone is 1. The van der Waals surface area contributed by atoms with Gasteiger partial charge < -0.3 is 14.8 Å². The molecule has 0 aliphatic rings. The predicted octanol–water partition coefficient (Wildman–Crippen LogP) is 3.10. The second kappa shape index (κ2) is 8.54. The van der Waals surface area contributed by atoms with Crippen molar-refractivity contribution in [3.63, 3.8) is 0 Å². The Kier molecular flexibility index (Phi) is 5.91. The summed E-state index contributed by atoms with van der Waals surface area (Å²) in [5.41, 5.74) is 2.95. The average Bonchev–Trinajstić information content (AvgIpc) is 3.08. The van der Waals surface area contributed by atoms with Gasteiger partial charge in [0.1, 0.15) is 18.2 Å². The van der Waals surface area contributed by atoms with Crippen LogP contribution in [0.4, 0.5) is 0 Å². The second-order valence-corrected chi connectivity index (χ2v) is 6.86. The molecule has 28 heavy (non-hydrogen) atoms. The number of benzene rings is 1. The van der Waals surface area contributed by atoms with Crippen LogP contribution in [-0.4, -0.2) is 43.4 Å². The molecule has 0 saturated carbocycles. The Balaban J connectivity index is 1.63. The standard InChI is InChI=1S/C19H17N5O3S/c1-11-7-12(2)22-19(21-11)28-10-17(26)27-9-16(25)13(8-20)18-23-14-5-3-4-6-15(14)24-18/h3-7,25H,9-10H2,1-2H3,(H,23,24)/b16-13-. The first-order chi connectivity index (χ1) is 13.5. The van der Waals surface area contributed by atoms with Crippen LogP contribution in [0.2, 0.25) is 0 Å². The molecule has 3 rings (SSSR count). The molecule has 3 aromatic rings. The lowest BCUT2D eigenvalue weighted by molar-refractivity contribution is -0.140. The first kappa shape index (κ1) is 19.4. The number of H-pyrrole nitrogens is 1. The van der Waals surface area contributed by atoms with Crippen molar-refractivity contribution >= 4 is 34.3 Å². The van der Waals surface area contributed by atoms with E-state index in [0.29, 0.717) is 10.7 Å². The molecular formula is C19H17N5O3S. The number of nitriles is 1. The number of carbonyl (C=O) groups excluding carboxylic acids is 1. The Morgan fingerprint density at radius 3 is 2.64 bits per heavy atom. The van der Waals surface area contributed by atoms with Crippen molar-refractivity contribution in [1.82, 2.24) is 19.9 Å². The van der Waals surface area contributed by atoms with E-state index in [2.05, 4.69) is 19.9 Å². The third kappa shape index (κ3) is 4.66. The molecule has 0 radical (unpaired) electrons. The number of hydrogen-bond acceptors (Lipinski definition) is 8. The van der Waals surface area contributed by atoms with Gasteiger partial charge in [0.2, 0.25) is 0 Å². The second-order valence-electron chi connectivity index (χ2n) is 5.92. The fraction of sp³-hybridized carbons (Fsp3) is 0.211. The largest absolute Gasteiger partial charge is 0.507 e. The van der Waals surface area contributed by atoms with Gasteiger partial charge in [-0.15, -0.1) is 0 Å². The molecule has 2 aromatic heterocycles. The summed E-state index contributed by atoms with van der Waals surface area (Å²) in [5.74, 6) is -0.720. The van der Waals surface area contributed by atoms with Crippen LogP contribution in [0.3, 0.4) is 0 Å². The number of nitrogens with zero attached hydrogens (tertiary/aromatic N) is 4. The molecule has 0 atom stereocenters. The van der Waals surface area contributed by atoms with Gasteiger partial charge in [0.25, 0.3) is 0 Å². The number of esters is 1. The first-order valence-corrected chi connectivity index (χ1v) is 9.33. The van der Waals surface area contributed by atoms with Gasteiger partial charge in [-0.1, -0.05) is 23.9 Å². The number of carbonyl (C=O) groups is 1. The van der Waals surface area contributed by atoms with Gasteiger partial charge in [0.15, 0.2) is 16.7 Å². The van der Waals surface area contributed by atoms with Gasteiger partial charge in [-0.25, -0.2) is 15.0 Å². The van der Waals surface area contributed by atoms with Crippen LogP contribution < -0.4 is 0 Å². The highest BCUT2D eigenvalue weighted by Gasteiger charge is 2.15. The summed E-state index contributed by atoms with van der Waals surface area (Å²) in [6.45, 7) is 3.27. The topological polar surface area (TPSA) is 125 Å². The number of rotatable bonds is 6. The van der Waals surface area contributed by atoms with Crippen LogP contribution in [0.1, 0.15) is 17.2 Å². The molecule has 2 heterocycles. The van der Waals surface area contributed by atoms with Crippen molar-refractivity contribution < 1.29 is 14.6 Å². The number of aryl methyl sites for hydroxylation is 2. The maximum atomic E-state index is 11.9. The van der Waals surface area contributed by atoms with E-state index >= 15 is 0 Å². The van der Waals surface area contributed by atoms with E-state index < -0.39 is 12.6 Å². The summed E-state index contributed by atoms with van der Waals surface area (Å²) < 4.78 is 5.05. The lowest BCUT2D eigenvalue weighted by Crippen LogP contribution is -2.11. The number of fused-ring (bicyclic) bond motifs is 1. The van der Waals surface area contributed by atoms with E-state index in [1.807, 2.05) is 44.2 Å². The summed E-state index contributed by atoms with van der Waals surface area (Å²) in [4.78, 5) is 27.6. The van der Waals surface area contributed by atoms with Crippen LogP contribution in [0.5, 0.6) is 0 Å². The number of ether oxygens (including phenoxy) is 1. The number of nitrogens with one attached hydrogen (secondary N) is 1. The predicted molar refractivity (Wildman–Crippen MR) is 104 cm³/mol. The van der Waals surface area contributed by atoms with E-state index in [-0.39, 0.29) is 22.9 Å². The first-order valence-electron chi connectivity index (χ1n) is 8.34. The minimum Gasteiger partial charge on any atom is -0.507 e. The average molecular weight is 395 g/mol. The van der Waals surface area contributed by atoms with E-state index in [4.69, 9.17) is 4.74 Å². The molecule has 0 aliphatic carbocycles. The van der Waals surface area contributed by atoms with Gasteiger partial charge in [-0.05, 0) is 32.0 Å². The lowest BCUT2D eigenvalue weighted by atomic mass is 10.2. The molecule has 142 valence electrons. The molecule has 0 saturated heterocycles. The molecule has 1 aromatic carbocycles. The van der Waals surface area contributed by atoms with Crippen molar-refractivity contribution in [3.05, 3.63) is 53.3 Å². The third-order valence-corrected chi connectivity index (χ3v) is 4.50. The minimum atomic E-state index is -0.554.